The molecule has 0 aliphatic heterocycles. The number of hydrogen-bond donors (Lipinski definition) is 2. The molecule has 25 heavy (non-hydrogen) atoms. The van der Waals surface area contributed by atoms with Gasteiger partial charge in [0.1, 0.15) is 11.4 Å². The van der Waals surface area contributed by atoms with Crippen LogP contribution in [0.4, 0.5) is 10.5 Å². The molecule has 0 fully saturated rings. The molecule has 0 bridgehead atoms. The zero-order valence-electron chi connectivity index (χ0n) is 14.8. The lowest BCUT2D eigenvalue weighted by Gasteiger charge is -2.30. The molecule has 1 aliphatic rings. The molecule has 1 unspecified atom stereocenters. The molecule has 0 spiro atoms. The van der Waals surface area contributed by atoms with Crippen LogP contribution in [0.1, 0.15) is 48.4 Å². The van der Waals surface area contributed by atoms with Gasteiger partial charge in [0.15, 0.2) is 5.76 Å². The number of aryl methyl sites for hydroxylation is 3. The van der Waals surface area contributed by atoms with Crippen molar-refractivity contribution in [1.82, 2.24) is 10.1 Å². The Labute approximate surface area is 147 Å². The Kier molecular flexibility index (Phi) is 5.38. The fourth-order valence-corrected chi connectivity index (χ4v) is 3.50. The first-order chi connectivity index (χ1) is 12.2. The van der Waals surface area contributed by atoms with E-state index in [1.54, 1.807) is 0 Å². The number of aliphatic hydroxyl groups is 1. The molecule has 3 rings (SSSR count). The summed E-state index contributed by atoms with van der Waals surface area (Å²) in [5.74, 6) is 0.680. The van der Waals surface area contributed by atoms with Crippen LogP contribution >= 0.6 is 0 Å². The minimum absolute atomic E-state index is 0.0352. The zero-order chi connectivity index (χ0) is 17.8. The molecule has 0 saturated carbocycles. The third-order valence-corrected chi connectivity index (χ3v) is 4.78. The van der Waals surface area contributed by atoms with Gasteiger partial charge in [-0.1, -0.05) is 36.3 Å². The molecule has 2 N–H and O–H groups in total. The lowest BCUT2D eigenvalue weighted by Crippen LogP contribution is -2.38. The van der Waals surface area contributed by atoms with E-state index >= 15 is 0 Å². The Morgan fingerprint density at radius 2 is 2.24 bits per heavy atom. The molecule has 6 heteroatoms. The summed E-state index contributed by atoms with van der Waals surface area (Å²) in [6.45, 7) is 4.35. The van der Waals surface area contributed by atoms with Gasteiger partial charge in [0.2, 0.25) is 0 Å². The summed E-state index contributed by atoms with van der Waals surface area (Å²) in [4.78, 5) is 14.8. The second-order valence-electron chi connectivity index (χ2n) is 6.37. The summed E-state index contributed by atoms with van der Waals surface area (Å²) < 4.78 is 5.26. The van der Waals surface area contributed by atoms with E-state index in [1.165, 1.54) is 11.1 Å². The highest BCUT2D eigenvalue weighted by molar-refractivity contribution is 5.90. The molecule has 2 aromatic rings. The van der Waals surface area contributed by atoms with Crippen LogP contribution in [0.25, 0.3) is 0 Å². The number of hydrogen-bond acceptors (Lipinski definition) is 4. The van der Waals surface area contributed by atoms with Crippen molar-refractivity contribution in [2.45, 2.75) is 45.6 Å². The molecule has 6 nitrogen and oxygen atoms in total. The van der Waals surface area contributed by atoms with E-state index in [-0.39, 0.29) is 18.7 Å². The average Bonchev–Trinajstić information content (AvgIpc) is 3.20. The maximum absolute atomic E-state index is 13.0. The van der Waals surface area contributed by atoms with Gasteiger partial charge < -0.3 is 19.8 Å². The summed E-state index contributed by atoms with van der Waals surface area (Å²) >= 11 is 0. The number of amides is 2. The number of aromatic nitrogens is 1. The Morgan fingerprint density at radius 3 is 3.00 bits per heavy atom. The average molecular weight is 343 g/mol. The van der Waals surface area contributed by atoms with Crippen LogP contribution in [0, 0.1) is 6.92 Å². The molecule has 1 atom stereocenters. The van der Waals surface area contributed by atoms with E-state index in [2.05, 4.69) is 22.6 Å². The molecule has 0 radical (unpaired) electrons. The molecular weight excluding hydrogens is 318 g/mol. The normalized spacial score (nSPS) is 15.9. The molecular formula is C19H25N3O3. The summed E-state index contributed by atoms with van der Waals surface area (Å²) in [6.07, 6.45) is 3.09. The van der Waals surface area contributed by atoms with E-state index in [0.29, 0.717) is 36.5 Å². The van der Waals surface area contributed by atoms with Crippen molar-refractivity contribution in [3.63, 3.8) is 0 Å². The predicted molar refractivity (Wildman–Crippen MR) is 95.5 cm³/mol. The predicted octanol–water partition coefficient (Wildman–Crippen LogP) is 3.45. The van der Waals surface area contributed by atoms with Gasteiger partial charge in [-0.2, -0.15) is 0 Å². The number of carbonyl (C=O) groups is 1. The van der Waals surface area contributed by atoms with Crippen LogP contribution in [-0.4, -0.2) is 34.3 Å². The number of anilines is 1. The molecule has 1 aromatic heterocycles. The third-order valence-electron chi connectivity index (χ3n) is 4.78. The van der Waals surface area contributed by atoms with Gasteiger partial charge in [-0.05, 0) is 37.3 Å². The van der Waals surface area contributed by atoms with Crippen molar-refractivity contribution >= 4 is 11.7 Å². The molecule has 0 saturated heterocycles. The maximum atomic E-state index is 13.0. The van der Waals surface area contributed by atoms with Crippen molar-refractivity contribution in [3.05, 3.63) is 46.8 Å². The smallest absolute Gasteiger partial charge is 0.322 e. The number of benzene rings is 1. The fourth-order valence-electron chi connectivity index (χ4n) is 3.50. The Balaban J connectivity index is 1.83. The quantitative estimate of drug-likeness (QED) is 0.842. The Bertz CT molecular complexity index is 741. The van der Waals surface area contributed by atoms with Crippen molar-refractivity contribution in [2.24, 2.45) is 0 Å². The number of nitrogens with zero attached hydrogens (tertiary/aromatic N) is 2. The monoisotopic (exact) mass is 343 g/mol. The van der Waals surface area contributed by atoms with Crippen molar-refractivity contribution in [2.75, 3.05) is 18.5 Å². The van der Waals surface area contributed by atoms with E-state index in [4.69, 9.17) is 4.52 Å². The van der Waals surface area contributed by atoms with Crippen LogP contribution in [0.3, 0.4) is 0 Å². The van der Waals surface area contributed by atoms with E-state index < -0.39 is 0 Å². The minimum Gasteiger partial charge on any atom is -0.396 e. The largest absolute Gasteiger partial charge is 0.396 e. The summed E-state index contributed by atoms with van der Waals surface area (Å²) in [6, 6.07) is 8.13. The molecule has 1 aliphatic carbocycles. The zero-order valence-corrected chi connectivity index (χ0v) is 14.8. The summed E-state index contributed by atoms with van der Waals surface area (Å²) in [5, 5.41) is 16.2. The highest BCUT2D eigenvalue weighted by atomic mass is 16.5. The molecule has 134 valence electrons. The number of urea groups is 1. The van der Waals surface area contributed by atoms with Gasteiger partial charge in [-0.15, -0.1) is 0 Å². The second-order valence-corrected chi connectivity index (χ2v) is 6.37. The topological polar surface area (TPSA) is 78.6 Å². The number of carbonyl (C=O) groups excluding carboxylic acids is 1. The summed E-state index contributed by atoms with van der Waals surface area (Å²) in [7, 11) is 0. The van der Waals surface area contributed by atoms with E-state index in [0.717, 1.165) is 12.8 Å². The highest BCUT2D eigenvalue weighted by Crippen LogP contribution is 2.36. The van der Waals surface area contributed by atoms with E-state index in [1.807, 2.05) is 30.9 Å². The van der Waals surface area contributed by atoms with Gasteiger partial charge in [0.05, 0.1) is 6.04 Å². The van der Waals surface area contributed by atoms with Crippen LogP contribution < -0.4 is 5.32 Å². The standard InChI is InChI=1S/C19H25N3O3/c1-3-17-18(13(2)21-25-17)20-19(24)22(11-6-12-23)16-10-9-14-7-4-5-8-15(14)16/h4-5,7-8,16,23H,3,6,9-12H2,1-2H3,(H,20,24). The van der Waals surface area contributed by atoms with Crippen LogP contribution in [-0.2, 0) is 12.8 Å². The maximum Gasteiger partial charge on any atom is 0.322 e. The van der Waals surface area contributed by atoms with Crippen molar-refractivity contribution < 1.29 is 14.4 Å². The summed E-state index contributed by atoms with van der Waals surface area (Å²) in [5.41, 5.74) is 3.84. The molecule has 1 heterocycles. The van der Waals surface area contributed by atoms with Crippen LogP contribution in [0.2, 0.25) is 0 Å². The lowest BCUT2D eigenvalue weighted by atomic mass is 10.1. The third kappa shape index (κ3) is 3.54. The second kappa shape index (κ2) is 7.70. The van der Waals surface area contributed by atoms with Gasteiger partial charge >= 0.3 is 6.03 Å². The Hall–Kier alpha value is -2.34. The van der Waals surface area contributed by atoms with Crippen molar-refractivity contribution in [1.29, 1.82) is 0 Å². The van der Waals surface area contributed by atoms with Crippen LogP contribution in [0.15, 0.2) is 28.8 Å². The van der Waals surface area contributed by atoms with Gasteiger partial charge in [-0.25, -0.2) is 4.79 Å². The molecule has 1 aromatic carbocycles. The highest BCUT2D eigenvalue weighted by Gasteiger charge is 2.31. The van der Waals surface area contributed by atoms with Crippen LogP contribution in [0.5, 0.6) is 0 Å². The fraction of sp³-hybridized carbons (Fsp3) is 0.474. The van der Waals surface area contributed by atoms with Gasteiger partial charge in [-0.3, -0.25) is 0 Å². The van der Waals surface area contributed by atoms with E-state index in [9.17, 15) is 9.90 Å². The molecule has 2 amide bonds. The van der Waals surface area contributed by atoms with Gasteiger partial charge in [0.25, 0.3) is 0 Å². The SMILES string of the molecule is CCc1onc(C)c1NC(=O)N(CCCO)C1CCc2ccccc21. The lowest BCUT2D eigenvalue weighted by molar-refractivity contribution is 0.177. The first-order valence-corrected chi connectivity index (χ1v) is 8.87. The number of rotatable bonds is 6. The van der Waals surface area contributed by atoms with Crippen molar-refractivity contribution in [3.8, 4) is 0 Å². The Morgan fingerprint density at radius 1 is 1.44 bits per heavy atom. The first-order valence-electron chi connectivity index (χ1n) is 8.87. The minimum atomic E-state index is -0.170. The number of aliphatic hydroxyl groups excluding tert-OH is 1. The van der Waals surface area contributed by atoms with Gasteiger partial charge in [0, 0.05) is 19.6 Å². The first kappa shape index (κ1) is 17.5. The number of fused-ring (bicyclic) bond motifs is 1. The number of nitrogens with one attached hydrogen (secondary N) is 1.